The Morgan fingerprint density at radius 3 is 0.667 bits per heavy atom. The third-order valence-corrected chi connectivity index (χ3v) is 8.19. The van der Waals surface area contributed by atoms with Gasteiger partial charge in [0.2, 0.25) is 0 Å². The number of rotatable bonds is 15. The summed E-state index contributed by atoms with van der Waals surface area (Å²) in [4.78, 5) is 0. The summed E-state index contributed by atoms with van der Waals surface area (Å²) in [5.41, 5.74) is -8.69. The van der Waals surface area contributed by atoms with Gasteiger partial charge < -0.3 is 10.2 Å². The first-order valence-corrected chi connectivity index (χ1v) is 14.2. The van der Waals surface area contributed by atoms with E-state index in [0.29, 0.717) is 0 Å². The minimum absolute atomic E-state index is 0.0953. The van der Waals surface area contributed by atoms with Crippen molar-refractivity contribution in [3.05, 3.63) is 59.7 Å². The Kier molecular flexibility index (Phi) is 12.6. The van der Waals surface area contributed by atoms with Gasteiger partial charge in [-0.25, -0.2) is 0 Å². The SMILES string of the molecule is O[C@@H](c1ccccc1-c1ccccc1[C@H](O)C(F)(F)C(F)(F)C(F)(F)C(F)(F)C(F)(F)C(F)(F)C(F)(F)F)C(F)(F)C(F)(F)C(F)(F)C(F)(F)C(F)(F)C(F)(F)C(F)(F)F. The van der Waals surface area contributed by atoms with Crippen LogP contribution in [0.1, 0.15) is 23.3 Å². The molecular formula is C28H12F30O2. The predicted molar refractivity (Wildman–Crippen MR) is 133 cm³/mol. The molecular weight excluding hydrogens is 938 g/mol. The summed E-state index contributed by atoms with van der Waals surface area (Å²) in [6, 6.07) is -0.0230. The number of alkyl halides is 30. The van der Waals surface area contributed by atoms with Crippen LogP contribution in [0.15, 0.2) is 48.5 Å². The Bertz CT molecular complexity index is 1720. The fourth-order valence-corrected chi connectivity index (χ4v) is 4.65. The van der Waals surface area contributed by atoms with Crippen LogP contribution in [0.3, 0.4) is 0 Å². The average molecular weight is 950 g/mol. The van der Waals surface area contributed by atoms with Crippen molar-refractivity contribution in [2.75, 3.05) is 0 Å². The van der Waals surface area contributed by atoms with Gasteiger partial charge in [-0.2, -0.15) is 132 Å². The molecule has 0 bridgehead atoms. The Hall–Kier alpha value is -3.74. The average Bonchev–Trinajstić information content (AvgIpc) is 3.08. The van der Waals surface area contributed by atoms with Gasteiger partial charge in [-0.05, 0) is 22.3 Å². The van der Waals surface area contributed by atoms with E-state index in [9.17, 15) is 142 Å². The third-order valence-electron chi connectivity index (χ3n) is 8.19. The highest BCUT2D eigenvalue weighted by Crippen LogP contribution is 2.66. The van der Waals surface area contributed by atoms with Crippen LogP contribution in [0, 0.1) is 0 Å². The summed E-state index contributed by atoms with van der Waals surface area (Å²) in [6.07, 6.45) is -26.3. The quantitative estimate of drug-likeness (QED) is 0.175. The lowest BCUT2D eigenvalue weighted by Crippen LogP contribution is -2.73. The molecule has 32 heteroatoms. The lowest BCUT2D eigenvalue weighted by Gasteiger charge is -2.42. The molecule has 2 N–H and O–H groups in total. The molecule has 0 aliphatic carbocycles. The van der Waals surface area contributed by atoms with Crippen LogP contribution < -0.4 is 0 Å². The summed E-state index contributed by atoms with van der Waals surface area (Å²) in [7, 11) is 0. The summed E-state index contributed by atoms with van der Waals surface area (Å²) in [6.45, 7) is 0. The Morgan fingerprint density at radius 1 is 0.267 bits per heavy atom. The molecule has 2 aromatic rings. The van der Waals surface area contributed by atoms with Gasteiger partial charge >= 0.3 is 83.4 Å². The number of aliphatic hydroxyl groups is 2. The number of hydrogen-bond acceptors (Lipinski definition) is 2. The Balaban J connectivity index is 2.84. The standard InChI is InChI=1S/C28H12F30O2/c29-15(30,17(33,34)19(37,38)21(41,42)23(45,46)25(49,50)27(53,54)55)13(59)11-7-3-1-5-9(11)10-6-2-4-8-12(10)14(60)16(31,32)18(35,36)20(39,40)22(43,44)24(47,48)26(51,52)28(56,57)58/h1-8,13-14,59-60H/t13-,14-/m0/s1. The molecule has 2 nitrogen and oxygen atoms in total. The van der Waals surface area contributed by atoms with Crippen molar-refractivity contribution in [3.8, 4) is 11.1 Å². The zero-order valence-corrected chi connectivity index (χ0v) is 27.0. The molecule has 0 aliphatic heterocycles. The molecule has 346 valence electrons. The predicted octanol–water partition coefficient (Wildman–Crippen LogP) is 12.2. The number of hydrogen-bond donors (Lipinski definition) is 2. The molecule has 0 amide bonds. The maximum atomic E-state index is 14.9. The molecule has 0 aromatic heterocycles. The van der Waals surface area contributed by atoms with Gasteiger partial charge in [0, 0.05) is 0 Å². The van der Waals surface area contributed by atoms with E-state index in [4.69, 9.17) is 0 Å². The zero-order chi connectivity index (χ0) is 48.1. The lowest BCUT2D eigenvalue weighted by molar-refractivity contribution is -0.456. The van der Waals surface area contributed by atoms with Crippen LogP contribution >= 0.6 is 0 Å². The van der Waals surface area contributed by atoms with E-state index in [1.165, 1.54) is 0 Å². The van der Waals surface area contributed by atoms with Gasteiger partial charge in [-0.15, -0.1) is 0 Å². The normalized spacial score (nSPS) is 16.9. The molecule has 2 atom stereocenters. The second-order valence-corrected chi connectivity index (χ2v) is 12.0. The smallest absolute Gasteiger partial charge is 0.382 e. The minimum atomic E-state index is -8.91. The van der Waals surface area contributed by atoms with Gasteiger partial charge in [-0.3, -0.25) is 0 Å². The molecule has 0 heterocycles. The van der Waals surface area contributed by atoms with Crippen LogP contribution in [0.2, 0.25) is 0 Å². The maximum Gasteiger partial charge on any atom is 0.460 e. The van der Waals surface area contributed by atoms with Crippen molar-refractivity contribution >= 4 is 0 Å². The van der Waals surface area contributed by atoms with Gasteiger partial charge in [0.15, 0.2) is 0 Å². The first-order chi connectivity index (χ1) is 26.0. The topological polar surface area (TPSA) is 40.5 Å². The van der Waals surface area contributed by atoms with E-state index < -0.39 is 118 Å². The molecule has 0 aliphatic rings. The summed E-state index contributed by atoms with van der Waals surface area (Å²) < 4.78 is 412. The molecule has 0 saturated carbocycles. The highest BCUT2D eigenvalue weighted by Gasteiger charge is 2.95. The molecule has 2 rings (SSSR count). The molecule has 0 saturated heterocycles. The van der Waals surface area contributed by atoms with Gasteiger partial charge in [-0.1, -0.05) is 48.5 Å². The fourth-order valence-electron chi connectivity index (χ4n) is 4.65. The van der Waals surface area contributed by atoms with Crippen molar-refractivity contribution in [2.45, 2.75) is 95.6 Å². The second-order valence-electron chi connectivity index (χ2n) is 12.0. The van der Waals surface area contributed by atoms with Crippen LogP contribution in [0.25, 0.3) is 11.1 Å². The molecule has 0 unspecified atom stereocenters. The van der Waals surface area contributed by atoms with Gasteiger partial charge in [0.05, 0.1) is 0 Å². The van der Waals surface area contributed by atoms with Crippen LogP contribution in [0.4, 0.5) is 132 Å². The van der Waals surface area contributed by atoms with E-state index in [1.807, 2.05) is 0 Å². The monoisotopic (exact) mass is 950 g/mol. The summed E-state index contributed by atoms with van der Waals surface area (Å²) in [5, 5.41) is 20.0. The van der Waals surface area contributed by atoms with Crippen LogP contribution in [-0.2, 0) is 0 Å². The lowest BCUT2D eigenvalue weighted by atomic mass is 9.83. The van der Waals surface area contributed by atoms with Crippen molar-refractivity contribution in [3.63, 3.8) is 0 Å². The molecule has 0 radical (unpaired) electrons. The third kappa shape index (κ3) is 6.82. The Labute approximate surface area is 309 Å². The zero-order valence-electron chi connectivity index (χ0n) is 27.0. The fraction of sp³-hybridized carbons (Fsp3) is 0.571. The van der Waals surface area contributed by atoms with E-state index >= 15 is 0 Å². The van der Waals surface area contributed by atoms with Crippen molar-refractivity contribution in [2.24, 2.45) is 0 Å². The maximum absolute atomic E-state index is 14.9. The number of benzene rings is 2. The highest BCUT2D eigenvalue weighted by molar-refractivity contribution is 5.72. The van der Waals surface area contributed by atoms with Crippen molar-refractivity contribution in [1.29, 1.82) is 0 Å². The Morgan fingerprint density at radius 2 is 0.450 bits per heavy atom. The van der Waals surface area contributed by atoms with E-state index in [2.05, 4.69) is 0 Å². The molecule has 2 aromatic carbocycles. The minimum Gasteiger partial charge on any atom is -0.382 e. The highest BCUT2D eigenvalue weighted by atomic mass is 19.4. The van der Waals surface area contributed by atoms with E-state index in [-0.39, 0.29) is 48.5 Å². The van der Waals surface area contributed by atoms with Gasteiger partial charge in [0.25, 0.3) is 0 Å². The van der Waals surface area contributed by atoms with Crippen LogP contribution in [-0.4, -0.2) is 93.6 Å². The van der Waals surface area contributed by atoms with E-state index in [1.54, 1.807) is 0 Å². The second kappa shape index (κ2) is 14.4. The molecule has 0 spiro atoms. The first-order valence-electron chi connectivity index (χ1n) is 14.2. The molecule has 0 fully saturated rings. The van der Waals surface area contributed by atoms with Gasteiger partial charge in [0.1, 0.15) is 12.2 Å². The first kappa shape index (κ1) is 52.4. The van der Waals surface area contributed by atoms with Crippen molar-refractivity contribution < 1.29 is 142 Å². The van der Waals surface area contributed by atoms with Crippen LogP contribution in [0.5, 0.6) is 0 Å². The van der Waals surface area contributed by atoms with E-state index in [0.717, 1.165) is 0 Å². The van der Waals surface area contributed by atoms with Crippen molar-refractivity contribution in [1.82, 2.24) is 0 Å². The summed E-state index contributed by atoms with van der Waals surface area (Å²) >= 11 is 0. The number of halogens is 30. The summed E-state index contributed by atoms with van der Waals surface area (Å²) in [5.74, 6) is -102. The number of aliphatic hydroxyl groups excluding tert-OH is 2. The largest absolute Gasteiger partial charge is 0.460 e. The molecule has 60 heavy (non-hydrogen) atoms.